The molecule has 3 rings (SSSR count). The van der Waals surface area contributed by atoms with Crippen LogP contribution >= 0.6 is 0 Å². The summed E-state index contributed by atoms with van der Waals surface area (Å²) in [6, 6.07) is 1.90. The van der Waals surface area contributed by atoms with E-state index in [-0.39, 0.29) is 11.2 Å². The van der Waals surface area contributed by atoms with Crippen molar-refractivity contribution in [3.8, 4) is 5.69 Å². The average molecular weight is 274 g/mol. The largest absolute Gasteiger partial charge is 0.532 e. The SMILES string of the molecule is Cc1cnn(-c2coc(B3OC(C)(C)C(C)(C)O3)c2)c1. The summed E-state index contributed by atoms with van der Waals surface area (Å²) in [5.74, 6) is 0. The van der Waals surface area contributed by atoms with Gasteiger partial charge in [0.2, 0.25) is 0 Å². The van der Waals surface area contributed by atoms with Gasteiger partial charge in [-0.25, -0.2) is 4.68 Å². The zero-order chi connectivity index (χ0) is 14.5. The second-order valence-electron chi connectivity index (χ2n) is 6.26. The average Bonchev–Trinajstić information content (AvgIpc) is 2.98. The summed E-state index contributed by atoms with van der Waals surface area (Å²) in [6.45, 7) is 10.1. The highest BCUT2D eigenvalue weighted by Gasteiger charge is 2.53. The van der Waals surface area contributed by atoms with Gasteiger partial charge in [0.25, 0.3) is 0 Å². The first-order valence-electron chi connectivity index (χ1n) is 6.74. The van der Waals surface area contributed by atoms with Gasteiger partial charge < -0.3 is 13.7 Å². The standard InChI is InChI=1S/C14H19BN2O3/c1-10-7-16-17(8-10)11-6-12(18-9-11)15-19-13(2,3)14(4,5)20-15/h6-9H,1-5H3. The molecule has 106 valence electrons. The summed E-state index contributed by atoms with van der Waals surface area (Å²) in [4.78, 5) is 0. The van der Waals surface area contributed by atoms with Gasteiger partial charge in [-0.1, -0.05) is 0 Å². The van der Waals surface area contributed by atoms with Crippen molar-refractivity contribution in [1.29, 1.82) is 0 Å². The lowest BCUT2D eigenvalue weighted by Crippen LogP contribution is -2.41. The Hall–Kier alpha value is -1.53. The van der Waals surface area contributed by atoms with E-state index in [1.165, 1.54) is 0 Å². The zero-order valence-electron chi connectivity index (χ0n) is 12.5. The molecule has 1 aliphatic heterocycles. The summed E-state index contributed by atoms with van der Waals surface area (Å²) in [5.41, 5.74) is 1.89. The highest BCUT2D eigenvalue weighted by Crippen LogP contribution is 2.36. The van der Waals surface area contributed by atoms with Gasteiger partial charge in [0, 0.05) is 12.3 Å². The third-order valence-corrected chi connectivity index (χ3v) is 4.07. The lowest BCUT2D eigenvalue weighted by molar-refractivity contribution is 0.00578. The first-order chi connectivity index (χ1) is 9.28. The van der Waals surface area contributed by atoms with Crippen molar-refractivity contribution in [3.05, 3.63) is 30.3 Å². The molecule has 0 saturated carbocycles. The van der Waals surface area contributed by atoms with E-state index in [0.717, 1.165) is 11.3 Å². The maximum absolute atomic E-state index is 5.96. The lowest BCUT2D eigenvalue weighted by atomic mass is 9.86. The molecule has 3 heterocycles. The van der Waals surface area contributed by atoms with Crippen molar-refractivity contribution >= 4 is 12.8 Å². The number of hydrogen-bond donors (Lipinski definition) is 0. The molecule has 1 saturated heterocycles. The van der Waals surface area contributed by atoms with E-state index in [0.29, 0.717) is 5.66 Å². The fraction of sp³-hybridized carbons (Fsp3) is 0.500. The van der Waals surface area contributed by atoms with Gasteiger partial charge in [-0.05, 0) is 40.2 Å². The molecule has 5 nitrogen and oxygen atoms in total. The van der Waals surface area contributed by atoms with E-state index in [1.54, 1.807) is 10.9 Å². The van der Waals surface area contributed by atoms with Crippen LogP contribution in [0.4, 0.5) is 0 Å². The van der Waals surface area contributed by atoms with Gasteiger partial charge in [-0.2, -0.15) is 5.10 Å². The normalized spacial score (nSPS) is 20.6. The molecule has 1 fully saturated rings. The molecule has 2 aromatic heterocycles. The van der Waals surface area contributed by atoms with Crippen LogP contribution in [0.2, 0.25) is 0 Å². The first-order valence-corrected chi connectivity index (χ1v) is 6.74. The van der Waals surface area contributed by atoms with Gasteiger partial charge in [0.1, 0.15) is 17.6 Å². The topological polar surface area (TPSA) is 49.4 Å². The second kappa shape index (κ2) is 4.23. The van der Waals surface area contributed by atoms with Gasteiger partial charge in [0.15, 0.2) is 0 Å². The van der Waals surface area contributed by atoms with Crippen molar-refractivity contribution in [2.45, 2.75) is 45.8 Å². The van der Waals surface area contributed by atoms with E-state index in [9.17, 15) is 0 Å². The van der Waals surface area contributed by atoms with Gasteiger partial charge in [-0.15, -0.1) is 0 Å². The molecular weight excluding hydrogens is 255 g/mol. The first kappa shape index (κ1) is 13.5. The maximum atomic E-state index is 5.96. The molecule has 6 heteroatoms. The van der Waals surface area contributed by atoms with Gasteiger partial charge >= 0.3 is 7.12 Å². The van der Waals surface area contributed by atoms with Crippen LogP contribution in [0.5, 0.6) is 0 Å². The lowest BCUT2D eigenvalue weighted by Gasteiger charge is -2.32. The van der Waals surface area contributed by atoms with Crippen molar-refractivity contribution in [3.63, 3.8) is 0 Å². The molecule has 0 unspecified atom stereocenters. The van der Waals surface area contributed by atoms with E-state index in [4.69, 9.17) is 13.7 Å². The molecule has 0 N–H and O–H groups in total. The molecule has 0 aromatic carbocycles. The summed E-state index contributed by atoms with van der Waals surface area (Å²) >= 11 is 0. The molecule has 0 spiro atoms. The van der Waals surface area contributed by atoms with Crippen LogP contribution in [0.25, 0.3) is 5.69 Å². The Bertz CT molecular complexity index is 614. The molecule has 2 aromatic rings. The number of rotatable bonds is 2. The summed E-state index contributed by atoms with van der Waals surface area (Å²) in [6.07, 6.45) is 5.41. The smallest absolute Gasteiger partial charge is 0.471 e. The number of nitrogens with zero attached hydrogens (tertiary/aromatic N) is 2. The fourth-order valence-electron chi connectivity index (χ4n) is 2.10. The van der Waals surface area contributed by atoms with E-state index in [1.807, 2.05) is 53.1 Å². The molecule has 0 atom stereocenters. The van der Waals surface area contributed by atoms with Crippen molar-refractivity contribution in [2.75, 3.05) is 0 Å². The van der Waals surface area contributed by atoms with Gasteiger partial charge in [-0.3, -0.25) is 0 Å². The summed E-state index contributed by atoms with van der Waals surface area (Å²) in [5, 5.41) is 4.26. The Balaban J connectivity index is 1.85. The van der Waals surface area contributed by atoms with E-state index >= 15 is 0 Å². The van der Waals surface area contributed by atoms with Crippen molar-refractivity contribution in [2.24, 2.45) is 0 Å². The minimum absolute atomic E-state index is 0.368. The third kappa shape index (κ3) is 2.09. The Morgan fingerprint density at radius 1 is 1.15 bits per heavy atom. The minimum Gasteiger partial charge on any atom is -0.471 e. The van der Waals surface area contributed by atoms with Crippen LogP contribution < -0.4 is 5.66 Å². The number of hydrogen-bond acceptors (Lipinski definition) is 4. The Labute approximate surface area is 119 Å². The Morgan fingerprint density at radius 2 is 1.80 bits per heavy atom. The summed E-state index contributed by atoms with van der Waals surface area (Å²) < 4.78 is 19.3. The van der Waals surface area contributed by atoms with Crippen LogP contribution in [0.15, 0.2) is 29.1 Å². The molecule has 0 amide bonds. The summed E-state index contributed by atoms with van der Waals surface area (Å²) in [7, 11) is -0.481. The van der Waals surface area contributed by atoms with Crippen LogP contribution in [0.3, 0.4) is 0 Å². The highest BCUT2D eigenvalue weighted by molar-refractivity contribution is 6.60. The number of furan rings is 1. The molecule has 0 bridgehead atoms. The van der Waals surface area contributed by atoms with Crippen LogP contribution in [0, 0.1) is 6.92 Å². The van der Waals surface area contributed by atoms with E-state index < -0.39 is 7.12 Å². The predicted molar refractivity (Wildman–Crippen MR) is 76.3 cm³/mol. The molecule has 0 aliphatic carbocycles. The van der Waals surface area contributed by atoms with E-state index in [2.05, 4.69) is 5.10 Å². The van der Waals surface area contributed by atoms with Crippen LogP contribution in [-0.2, 0) is 9.31 Å². The zero-order valence-corrected chi connectivity index (χ0v) is 12.5. The molecule has 0 radical (unpaired) electrons. The molecular formula is C14H19BN2O3. The number of aromatic nitrogens is 2. The second-order valence-corrected chi connectivity index (χ2v) is 6.26. The monoisotopic (exact) mass is 274 g/mol. The quantitative estimate of drug-likeness (QED) is 0.787. The fourth-order valence-corrected chi connectivity index (χ4v) is 2.10. The van der Waals surface area contributed by atoms with Gasteiger partial charge in [0.05, 0.1) is 17.4 Å². The Morgan fingerprint density at radius 3 is 2.35 bits per heavy atom. The van der Waals surface area contributed by atoms with Crippen molar-refractivity contribution in [1.82, 2.24) is 9.78 Å². The van der Waals surface area contributed by atoms with Crippen molar-refractivity contribution < 1.29 is 13.7 Å². The highest BCUT2D eigenvalue weighted by atomic mass is 16.7. The van der Waals surface area contributed by atoms with Crippen LogP contribution in [0.1, 0.15) is 33.3 Å². The number of aryl methyl sites for hydroxylation is 1. The Kier molecular flexibility index (Phi) is 2.85. The predicted octanol–water partition coefficient (Wildman–Crippen LogP) is 2.07. The molecule has 1 aliphatic rings. The van der Waals surface area contributed by atoms with Crippen LogP contribution in [-0.4, -0.2) is 28.1 Å². The maximum Gasteiger partial charge on any atom is 0.532 e. The minimum atomic E-state index is -0.481. The third-order valence-electron chi connectivity index (χ3n) is 4.07. The molecule has 20 heavy (non-hydrogen) atoms.